The Morgan fingerprint density at radius 2 is 1.81 bits per heavy atom. The largest absolute Gasteiger partial charge is 0.383 e. The van der Waals surface area contributed by atoms with Crippen LogP contribution in [-0.2, 0) is 20.9 Å². The first kappa shape index (κ1) is 29.2. The third-order valence-electron chi connectivity index (χ3n) is 6.41. The van der Waals surface area contributed by atoms with Crippen molar-refractivity contribution < 1.29 is 14.3 Å². The minimum Gasteiger partial charge on any atom is -0.383 e. The molecule has 2 amide bonds. The van der Waals surface area contributed by atoms with Crippen molar-refractivity contribution in [2.75, 3.05) is 58.4 Å². The van der Waals surface area contributed by atoms with Gasteiger partial charge >= 0.3 is 0 Å². The zero-order valence-electron chi connectivity index (χ0n) is 21.7. The standard InChI is InChI=1S/C27H37Cl2N5O3/c1-19(18-37-3)31-16-20-6-4-5-7-25(20)33-10-12-34(13-11-33)27(36)15-24(32-26(35)17-30-2)22-9-8-21(28)14-23(22)29/h4-9,14,19,24,30-31H,10-13,15-18H2,1-3H3,(H,32,35). The van der Waals surface area contributed by atoms with Crippen molar-refractivity contribution in [3.8, 4) is 0 Å². The number of hydrogen-bond acceptors (Lipinski definition) is 6. The van der Waals surface area contributed by atoms with Gasteiger partial charge in [0.2, 0.25) is 11.8 Å². The second-order valence-corrected chi connectivity index (χ2v) is 10.1. The Hall–Kier alpha value is -2.36. The van der Waals surface area contributed by atoms with Crippen molar-refractivity contribution >= 4 is 40.7 Å². The molecule has 1 fully saturated rings. The molecule has 0 aromatic heterocycles. The van der Waals surface area contributed by atoms with Crippen molar-refractivity contribution in [2.24, 2.45) is 0 Å². The number of nitrogens with one attached hydrogen (secondary N) is 3. The minimum atomic E-state index is -0.544. The van der Waals surface area contributed by atoms with Crippen LogP contribution in [0.1, 0.15) is 30.5 Å². The molecule has 0 saturated carbocycles. The highest BCUT2D eigenvalue weighted by Crippen LogP contribution is 2.29. The third-order valence-corrected chi connectivity index (χ3v) is 6.97. The molecule has 8 nitrogen and oxygen atoms in total. The highest BCUT2D eigenvalue weighted by atomic mass is 35.5. The lowest BCUT2D eigenvalue weighted by Gasteiger charge is -2.37. The van der Waals surface area contributed by atoms with E-state index in [0.717, 1.165) is 19.6 Å². The Morgan fingerprint density at radius 3 is 2.49 bits per heavy atom. The summed E-state index contributed by atoms with van der Waals surface area (Å²) in [5, 5.41) is 10.2. The average molecular weight is 551 g/mol. The number of para-hydroxylation sites is 1. The van der Waals surface area contributed by atoms with Gasteiger partial charge in [-0.05, 0) is 43.3 Å². The molecule has 2 aromatic carbocycles. The van der Waals surface area contributed by atoms with E-state index in [4.69, 9.17) is 27.9 Å². The van der Waals surface area contributed by atoms with Crippen LogP contribution in [0.5, 0.6) is 0 Å². The lowest BCUT2D eigenvalue weighted by molar-refractivity contribution is -0.132. The second kappa shape index (κ2) is 14.5. The summed E-state index contributed by atoms with van der Waals surface area (Å²) in [4.78, 5) is 29.8. The molecule has 0 bridgehead atoms. The summed E-state index contributed by atoms with van der Waals surface area (Å²) in [6.45, 7) is 6.31. The maximum Gasteiger partial charge on any atom is 0.234 e. The summed E-state index contributed by atoms with van der Waals surface area (Å²) >= 11 is 12.5. The normalized spacial score (nSPS) is 15.4. The van der Waals surface area contributed by atoms with Crippen LogP contribution in [0, 0.1) is 0 Å². The number of carbonyl (C=O) groups excluding carboxylic acids is 2. The molecule has 10 heteroatoms. The fourth-order valence-corrected chi connectivity index (χ4v) is 5.03. The number of likely N-dealkylation sites (N-methyl/N-ethyl adjacent to an activating group) is 1. The first-order valence-corrected chi connectivity index (χ1v) is 13.3. The number of nitrogens with zero attached hydrogens (tertiary/aromatic N) is 2. The van der Waals surface area contributed by atoms with Crippen LogP contribution >= 0.6 is 23.2 Å². The Kier molecular flexibility index (Phi) is 11.5. The number of amides is 2. The lowest BCUT2D eigenvalue weighted by Crippen LogP contribution is -2.50. The highest BCUT2D eigenvalue weighted by Gasteiger charge is 2.27. The van der Waals surface area contributed by atoms with E-state index in [-0.39, 0.29) is 30.8 Å². The molecule has 0 radical (unpaired) electrons. The number of benzene rings is 2. The molecule has 3 rings (SSSR count). The molecule has 1 heterocycles. The van der Waals surface area contributed by atoms with Crippen LogP contribution in [0.3, 0.4) is 0 Å². The topological polar surface area (TPSA) is 85.9 Å². The van der Waals surface area contributed by atoms with Gasteiger partial charge < -0.3 is 30.5 Å². The third kappa shape index (κ3) is 8.58. The number of rotatable bonds is 12. The Morgan fingerprint density at radius 1 is 1.08 bits per heavy atom. The summed E-state index contributed by atoms with van der Waals surface area (Å²) in [7, 11) is 3.40. The van der Waals surface area contributed by atoms with E-state index >= 15 is 0 Å². The molecule has 2 unspecified atom stereocenters. The van der Waals surface area contributed by atoms with E-state index in [1.807, 2.05) is 17.0 Å². The number of hydrogen-bond donors (Lipinski definition) is 3. The van der Waals surface area contributed by atoms with Crippen molar-refractivity contribution in [3.05, 3.63) is 63.6 Å². The van der Waals surface area contributed by atoms with Gasteiger partial charge in [0, 0.05) is 61.6 Å². The monoisotopic (exact) mass is 549 g/mol. The number of carbonyl (C=O) groups is 2. The van der Waals surface area contributed by atoms with Gasteiger partial charge in [-0.15, -0.1) is 0 Å². The summed E-state index contributed by atoms with van der Waals surface area (Å²) in [5.41, 5.74) is 3.07. The predicted octanol–water partition coefficient (Wildman–Crippen LogP) is 3.23. The first-order valence-electron chi connectivity index (χ1n) is 12.5. The van der Waals surface area contributed by atoms with Gasteiger partial charge in [-0.2, -0.15) is 0 Å². The molecular weight excluding hydrogens is 513 g/mol. The van der Waals surface area contributed by atoms with E-state index in [9.17, 15) is 9.59 Å². The smallest absolute Gasteiger partial charge is 0.234 e. The maximum atomic E-state index is 13.3. The van der Waals surface area contributed by atoms with Crippen molar-refractivity contribution in [1.82, 2.24) is 20.9 Å². The van der Waals surface area contributed by atoms with Crippen LogP contribution in [-0.4, -0.2) is 76.2 Å². The lowest BCUT2D eigenvalue weighted by atomic mass is 10.0. The molecule has 1 aliphatic rings. The molecule has 0 spiro atoms. The van der Waals surface area contributed by atoms with Gasteiger partial charge in [-0.3, -0.25) is 9.59 Å². The van der Waals surface area contributed by atoms with Gasteiger partial charge in [0.05, 0.1) is 25.6 Å². The Balaban J connectivity index is 1.63. The molecule has 1 saturated heterocycles. The van der Waals surface area contributed by atoms with Crippen LogP contribution in [0.25, 0.3) is 0 Å². The SMILES string of the molecule is CNCC(=O)NC(CC(=O)N1CCN(c2ccccc2CNC(C)COC)CC1)c1ccc(Cl)cc1Cl. The van der Waals surface area contributed by atoms with Gasteiger partial charge in [0.15, 0.2) is 0 Å². The Bertz CT molecular complexity index is 1050. The molecule has 37 heavy (non-hydrogen) atoms. The summed E-state index contributed by atoms with van der Waals surface area (Å²) < 4.78 is 5.22. The summed E-state index contributed by atoms with van der Waals surface area (Å²) in [6, 6.07) is 13.2. The molecular formula is C27H37Cl2N5O3. The molecule has 202 valence electrons. The first-order chi connectivity index (χ1) is 17.8. The van der Waals surface area contributed by atoms with Gasteiger partial charge in [0.25, 0.3) is 0 Å². The maximum absolute atomic E-state index is 13.3. The number of anilines is 1. The van der Waals surface area contributed by atoms with E-state index in [1.54, 1.807) is 32.4 Å². The molecule has 3 N–H and O–H groups in total. The van der Waals surface area contributed by atoms with Crippen LogP contribution in [0.2, 0.25) is 10.0 Å². The molecule has 2 atom stereocenters. The van der Waals surface area contributed by atoms with Crippen LogP contribution < -0.4 is 20.9 Å². The zero-order valence-corrected chi connectivity index (χ0v) is 23.2. The zero-order chi connectivity index (χ0) is 26.8. The molecule has 1 aliphatic heterocycles. The van der Waals surface area contributed by atoms with E-state index in [2.05, 4.69) is 39.9 Å². The van der Waals surface area contributed by atoms with Gasteiger partial charge in [0.1, 0.15) is 0 Å². The summed E-state index contributed by atoms with van der Waals surface area (Å²) in [5.74, 6) is -0.232. The molecule has 2 aromatic rings. The number of halogens is 2. The molecule has 0 aliphatic carbocycles. The highest BCUT2D eigenvalue weighted by molar-refractivity contribution is 6.35. The minimum absolute atomic E-state index is 0.0243. The second-order valence-electron chi connectivity index (χ2n) is 9.25. The quantitative estimate of drug-likeness (QED) is 0.377. The summed E-state index contributed by atoms with van der Waals surface area (Å²) in [6.07, 6.45) is 0.120. The van der Waals surface area contributed by atoms with Crippen LogP contribution in [0.4, 0.5) is 5.69 Å². The van der Waals surface area contributed by atoms with Gasteiger partial charge in [-0.25, -0.2) is 0 Å². The van der Waals surface area contributed by atoms with Crippen molar-refractivity contribution in [2.45, 2.75) is 32.0 Å². The number of methoxy groups -OCH3 is 1. The number of piperazine rings is 1. The van der Waals surface area contributed by atoms with E-state index in [0.29, 0.717) is 35.3 Å². The van der Waals surface area contributed by atoms with Crippen molar-refractivity contribution in [3.63, 3.8) is 0 Å². The number of ether oxygens (including phenoxy) is 1. The van der Waals surface area contributed by atoms with E-state index in [1.165, 1.54) is 11.3 Å². The Labute approximate surface area is 229 Å². The predicted molar refractivity (Wildman–Crippen MR) is 149 cm³/mol. The van der Waals surface area contributed by atoms with Crippen molar-refractivity contribution in [1.29, 1.82) is 0 Å². The fourth-order valence-electron chi connectivity index (χ4n) is 4.49. The fraction of sp³-hybridized carbons (Fsp3) is 0.481. The van der Waals surface area contributed by atoms with E-state index < -0.39 is 6.04 Å². The van der Waals surface area contributed by atoms with Crippen LogP contribution in [0.15, 0.2) is 42.5 Å². The van der Waals surface area contributed by atoms with Gasteiger partial charge in [-0.1, -0.05) is 47.5 Å². The average Bonchev–Trinajstić information content (AvgIpc) is 2.88.